The summed E-state index contributed by atoms with van der Waals surface area (Å²) in [5.74, 6) is 0.156. The molecule has 8 heteroatoms. The van der Waals surface area contributed by atoms with Gasteiger partial charge in [-0.05, 0) is 39.7 Å². The second-order valence-electron chi connectivity index (χ2n) is 8.30. The van der Waals surface area contributed by atoms with Gasteiger partial charge in [0.05, 0.1) is 11.4 Å². The van der Waals surface area contributed by atoms with Crippen molar-refractivity contribution in [1.29, 1.82) is 0 Å². The van der Waals surface area contributed by atoms with Crippen LogP contribution in [0.3, 0.4) is 0 Å². The summed E-state index contributed by atoms with van der Waals surface area (Å²) in [6, 6.07) is 6.22. The Balaban J connectivity index is 1.68. The molecule has 5 rings (SSSR count). The van der Waals surface area contributed by atoms with Crippen LogP contribution in [-0.2, 0) is 10.2 Å². The maximum Gasteiger partial charge on any atom is 0.229 e. The summed E-state index contributed by atoms with van der Waals surface area (Å²) < 4.78 is 1.68. The van der Waals surface area contributed by atoms with Crippen molar-refractivity contribution in [3.8, 4) is 0 Å². The van der Waals surface area contributed by atoms with Crippen molar-refractivity contribution in [3.05, 3.63) is 50.6 Å². The van der Waals surface area contributed by atoms with Crippen LogP contribution in [0.15, 0.2) is 33.6 Å². The number of anilines is 1. The highest BCUT2D eigenvalue weighted by molar-refractivity contribution is 9.10. The van der Waals surface area contributed by atoms with Crippen LogP contribution in [0.1, 0.15) is 49.6 Å². The SMILES string of the molecule is CC1(C)c2[nH]c(Br)nc2/C=C\N2C(=O)C[C@@H]3c4ccc(Br)cc4N[C@@]32C[C@@H]1Cl. The van der Waals surface area contributed by atoms with Gasteiger partial charge >= 0.3 is 0 Å². The van der Waals surface area contributed by atoms with Crippen molar-refractivity contribution in [2.45, 2.75) is 49.1 Å². The monoisotopic (exact) mass is 524 g/mol. The summed E-state index contributed by atoms with van der Waals surface area (Å²) >= 11 is 14.1. The molecule has 28 heavy (non-hydrogen) atoms. The van der Waals surface area contributed by atoms with Crippen LogP contribution in [0.4, 0.5) is 5.69 Å². The highest BCUT2D eigenvalue weighted by atomic mass is 79.9. The molecule has 1 amide bonds. The summed E-state index contributed by atoms with van der Waals surface area (Å²) in [7, 11) is 0. The minimum atomic E-state index is -0.568. The highest BCUT2D eigenvalue weighted by Crippen LogP contribution is 2.56. The Kier molecular flexibility index (Phi) is 4.07. The van der Waals surface area contributed by atoms with Crippen molar-refractivity contribution in [1.82, 2.24) is 14.9 Å². The Hall–Kier alpha value is -1.31. The Bertz CT molecular complexity index is 1030. The topological polar surface area (TPSA) is 61.0 Å². The first-order valence-electron chi connectivity index (χ1n) is 9.20. The molecule has 1 aromatic carbocycles. The predicted molar refractivity (Wildman–Crippen MR) is 117 cm³/mol. The normalized spacial score (nSPS) is 31.0. The first kappa shape index (κ1) is 18.7. The number of imidazole rings is 1. The number of hydrogen-bond acceptors (Lipinski definition) is 3. The number of rotatable bonds is 0. The Morgan fingerprint density at radius 3 is 2.89 bits per heavy atom. The number of fused-ring (bicyclic) bond motifs is 3. The van der Waals surface area contributed by atoms with Gasteiger partial charge in [0.25, 0.3) is 0 Å². The average molecular weight is 527 g/mol. The van der Waals surface area contributed by atoms with Gasteiger partial charge in [-0.15, -0.1) is 11.6 Å². The third-order valence-electron chi connectivity index (χ3n) is 6.40. The number of benzene rings is 1. The summed E-state index contributed by atoms with van der Waals surface area (Å²) in [5.41, 5.74) is 3.07. The molecular weight excluding hydrogens is 508 g/mol. The predicted octanol–water partition coefficient (Wildman–Crippen LogP) is 5.33. The molecule has 2 aromatic rings. The van der Waals surface area contributed by atoms with Gasteiger partial charge < -0.3 is 10.3 Å². The lowest BCUT2D eigenvalue weighted by atomic mass is 9.78. The molecule has 1 spiro atoms. The lowest BCUT2D eigenvalue weighted by Crippen LogP contribution is -2.52. The van der Waals surface area contributed by atoms with E-state index in [9.17, 15) is 4.79 Å². The number of H-pyrrole nitrogens is 1. The molecular formula is C20H19Br2ClN4O. The van der Waals surface area contributed by atoms with E-state index in [4.69, 9.17) is 11.6 Å². The molecule has 1 saturated heterocycles. The molecule has 3 aliphatic rings. The molecule has 0 saturated carbocycles. The minimum absolute atomic E-state index is 0.0564. The molecule has 0 aliphatic carbocycles. The van der Waals surface area contributed by atoms with E-state index in [-0.39, 0.29) is 22.6 Å². The number of hydrogen-bond donors (Lipinski definition) is 2. The fourth-order valence-corrected chi connectivity index (χ4v) is 5.92. The molecule has 0 unspecified atom stereocenters. The first-order valence-corrected chi connectivity index (χ1v) is 11.2. The molecule has 5 nitrogen and oxygen atoms in total. The van der Waals surface area contributed by atoms with Gasteiger partial charge in [0.1, 0.15) is 5.66 Å². The van der Waals surface area contributed by atoms with Crippen LogP contribution in [0.2, 0.25) is 0 Å². The first-order chi connectivity index (χ1) is 13.2. The number of halogens is 3. The van der Waals surface area contributed by atoms with E-state index in [1.165, 1.54) is 5.56 Å². The van der Waals surface area contributed by atoms with E-state index >= 15 is 0 Å². The summed E-state index contributed by atoms with van der Waals surface area (Å²) in [6.45, 7) is 4.25. The van der Waals surface area contributed by atoms with Gasteiger partial charge in [-0.2, -0.15) is 0 Å². The van der Waals surface area contributed by atoms with E-state index in [0.717, 1.165) is 21.5 Å². The molecule has 4 heterocycles. The Morgan fingerprint density at radius 1 is 1.32 bits per heavy atom. The Morgan fingerprint density at radius 2 is 2.11 bits per heavy atom. The second kappa shape index (κ2) is 6.09. The van der Waals surface area contributed by atoms with Gasteiger partial charge in [0.2, 0.25) is 5.91 Å². The van der Waals surface area contributed by atoms with Gasteiger partial charge in [-0.3, -0.25) is 9.69 Å². The smallest absolute Gasteiger partial charge is 0.229 e. The van der Waals surface area contributed by atoms with E-state index in [2.05, 4.69) is 73.1 Å². The van der Waals surface area contributed by atoms with Crippen molar-refractivity contribution in [2.24, 2.45) is 0 Å². The fraction of sp³-hybridized carbons (Fsp3) is 0.400. The molecule has 2 N–H and O–H groups in total. The van der Waals surface area contributed by atoms with Crippen LogP contribution in [-0.4, -0.2) is 31.8 Å². The van der Waals surface area contributed by atoms with E-state index in [0.29, 0.717) is 17.6 Å². The third kappa shape index (κ3) is 2.48. The summed E-state index contributed by atoms with van der Waals surface area (Å²) in [4.78, 5) is 22.7. The van der Waals surface area contributed by atoms with Gasteiger partial charge in [0, 0.05) is 45.9 Å². The van der Waals surface area contributed by atoms with Crippen LogP contribution in [0, 0.1) is 0 Å². The number of aromatic amines is 1. The lowest BCUT2D eigenvalue weighted by molar-refractivity contribution is -0.127. The number of nitrogens with zero attached hydrogens (tertiary/aromatic N) is 2. The van der Waals surface area contributed by atoms with E-state index < -0.39 is 5.66 Å². The van der Waals surface area contributed by atoms with Crippen LogP contribution in [0.25, 0.3) is 6.08 Å². The number of aromatic nitrogens is 2. The largest absolute Gasteiger partial charge is 0.362 e. The quantitative estimate of drug-likeness (QED) is 0.456. The maximum absolute atomic E-state index is 13.0. The molecule has 0 bridgehead atoms. The highest BCUT2D eigenvalue weighted by Gasteiger charge is 2.59. The number of carbonyl (C=O) groups excluding carboxylic acids is 1. The van der Waals surface area contributed by atoms with Crippen molar-refractivity contribution in [3.63, 3.8) is 0 Å². The van der Waals surface area contributed by atoms with Crippen LogP contribution in [0.5, 0.6) is 0 Å². The van der Waals surface area contributed by atoms with Gasteiger partial charge in [-0.25, -0.2) is 4.98 Å². The molecule has 3 atom stereocenters. The summed E-state index contributed by atoms with van der Waals surface area (Å²) in [5, 5.41) is 3.45. The number of nitrogens with one attached hydrogen (secondary N) is 2. The average Bonchev–Trinajstić information content (AvgIpc) is 3.21. The molecule has 1 fully saturated rings. The standard InChI is InChI=1S/C20H19Br2ClN4O/c1-19(2)15(23)9-20-12(11-4-3-10(21)7-14(11)26-20)8-16(28)27(20)6-5-13-17(19)25-18(22)24-13/h3-7,12,15,26H,8-9H2,1-2H3,(H,24,25)/b6-5-/t12-,15+,20-/m1/s1. The minimum Gasteiger partial charge on any atom is -0.362 e. The van der Waals surface area contributed by atoms with Crippen molar-refractivity contribution < 1.29 is 4.79 Å². The second-order valence-corrected chi connectivity index (χ2v) is 10.5. The number of alkyl halides is 1. The molecule has 146 valence electrons. The van der Waals surface area contributed by atoms with Gasteiger partial charge in [0.15, 0.2) is 4.73 Å². The van der Waals surface area contributed by atoms with Gasteiger partial charge in [-0.1, -0.05) is 35.8 Å². The zero-order valence-electron chi connectivity index (χ0n) is 15.4. The lowest BCUT2D eigenvalue weighted by Gasteiger charge is -2.41. The van der Waals surface area contributed by atoms with Crippen molar-refractivity contribution in [2.75, 3.05) is 5.32 Å². The zero-order valence-corrected chi connectivity index (χ0v) is 19.3. The summed E-state index contributed by atoms with van der Waals surface area (Å²) in [6.07, 6.45) is 4.86. The van der Waals surface area contributed by atoms with E-state index in [1.54, 1.807) is 0 Å². The molecule has 1 aromatic heterocycles. The number of carbonyl (C=O) groups is 1. The third-order valence-corrected chi connectivity index (χ3v) is 7.97. The zero-order chi connectivity index (χ0) is 19.8. The van der Waals surface area contributed by atoms with Crippen LogP contribution >= 0.6 is 43.5 Å². The van der Waals surface area contributed by atoms with Crippen LogP contribution < -0.4 is 5.32 Å². The van der Waals surface area contributed by atoms with Crippen molar-refractivity contribution >= 4 is 61.1 Å². The fourth-order valence-electron chi connectivity index (χ4n) is 4.83. The molecule has 0 radical (unpaired) electrons. The number of amides is 1. The van der Waals surface area contributed by atoms with E-state index in [1.807, 2.05) is 23.2 Å². The Labute approximate surface area is 185 Å². The molecule has 3 aliphatic heterocycles. The maximum atomic E-state index is 13.0.